The molecule has 0 radical (unpaired) electrons. The van der Waals surface area contributed by atoms with Gasteiger partial charge in [-0.3, -0.25) is 0 Å². The first-order valence-electron chi connectivity index (χ1n) is 10.1. The number of hydrogen-bond donors (Lipinski definition) is 2. The van der Waals surface area contributed by atoms with Gasteiger partial charge in [0.25, 0.3) is 0 Å². The zero-order valence-electron chi connectivity index (χ0n) is 15.8. The molecule has 0 aliphatic heterocycles. The smallest absolute Gasteiger partial charge is 0.0577 e. The zero-order valence-corrected chi connectivity index (χ0v) is 15.8. The maximum atomic E-state index is 3.77. The topological polar surface area (TPSA) is 24.1 Å². The molecule has 1 aliphatic carbocycles. The Morgan fingerprint density at radius 1 is 0.741 bits per heavy atom. The minimum atomic E-state index is 0.229. The molecule has 1 aliphatic rings. The number of rotatable bonds is 7. The predicted octanol–water partition coefficient (Wildman–Crippen LogP) is 5.03. The number of benzene rings is 3. The van der Waals surface area contributed by atoms with E-state index in [0.29, 0.717) is 6.04 Å². The van der Waals surface area contributed by atoms with Crippen LogP contribution in [0.25, 0.3) is 0 Å². The summed E-state index contributed by atoms with van der Waals surface area (Å²) in [5.41, 5.74) is 5.63. The Balaban J connectivity index is 1.38. The van der Waals surface area contributed by atoms with Crippen molar-refractivity contribution in [3.05, 3.63) is 107 Å². The second-order valence-electron chi connectivity index (χ2n) is 7.31. The summed E-state index contributed by atoms with van der Waals surface area (Å²) in [4.78, 5) is 0. The van der Waals surface area contributed by atoms with Gasteiger partial charge in [0.1, 0.15) is 0 Å². The van der Waals surface area contributed by atoms with Gasteiger partial charge in [-0.2, -0.15) is 0 Å². The van der Waals surface area contributed by atoms with Crippen LogP contribution in [0.4, 0.5) is 0 Å². The van der Waals surface area contributed by atoms with Crippen LogP contribution in [-0.4, -0.2) is 13.1 Å². The van der Waals surface area contributed by atoms with E-state index in [2.05, 4.69) is 95.6 Å². The van der Waals surface area contributed by atoms with E-state index in [0.717, 1.165) is 13.1 Å². The minimum Gasteiger partial charge on any atom is -0.309 e. The minimum absolute atomic E-state index is 0.229. The van der Waals surface area contributed by atoms with E-state index in [1.165, 1.54) is 41.5 Å². The number of fused-ring (bicyclic) bond motifs is 1. The average Bonchev–Trinajstić information content (AvgIpc) is 2.75. The quantitative estimate of drug-likeness (QED) is 0.580. The van der Waals surface area contributed by atoms with Gasteiger partial charge in [-0.05, 0) is 41.5 Å². The highest BCUT2D eigenvalue weighted by molar-refractivity contribution is 5.33. The highest BCUT2D eigenvalue weighted by Gasteiger charge is 2.19. The summed E-state index contributed by atoms with van der Waals surface area (Å²) < 4.78 is 0. The number of aryl methyl sites for hydroxylation is 1. The summed E-state index contributed by atoms with van der Waals surface area (Å²) in [5.74, 6) is 0. The highest BCUT2D eigenvalue weighted by atomic mass is 15.0. The molecule has 0 saturated heterocycles. The first-order chi connectivity index (χ1) is 13.4. The molecule has 3 aromatic carbocycles. The van der Waals surface area contributed by atoms with Crippen molar-refractivity contribution in [1.29, 1.82) is 0 Å². The van der Waals surface area contributed by atoms with E-state index in [1.54, 1.807) is 0 Å². The largest absolute Gasteiger partial charge is 0.309 e. The van der Waals surface area contributed by atoms with E-state index in [4.69, 9.17) is 0 Å². The Bertz CT molecular complexity index is 790. The molecule has 2 nitrogen and oxygen atoms in total. The van der Waals surface area contributed by atoms with Gasteiger partial charge in [0, 0.05) is 19.1 Å². The molecule has 2 N–H and O–H groups in total. The van der Waals surface area contributed by atoms with Crippen LogP contribution in [0.5, 0.6) is 0 Å². The molecule has 1 unspecified atom stereocenters. The molecule has 0 amide bonds. The summed E-state index contributed by atoms with van der Waals surface area (Å²) >= 11 is 0. The van der Waals surface area contributed by atoms with Crippen molar-refractivity contribution in [3.8, 4) is 0 Å². The van der Waals surface area contributed by atoms with E-state index in [-0.39, 0.29) is 6.04 Å². The summed E-state index contributed by atoms with van der Waals surface area (Å²) in [6, 6.07) is 31.0. The van der Waals surface area contributed by atoms with Crippen molar-refractivity contribution in [2.45, 2.75) is 31.3 Å². The Morgan fingerprint density at radius 3 is 2.07 bits per heavy atom. The number of nitrogens with one attached hydrogen (secondary N) is 2. The lowest BCUT2D eigenvalue weighted by atomic mass is 9.88. The molecule has 1 atom stereocenters. The summed E-state index contributed by atoms with van der Waals surface area (Å²) in [7, 11) is 0. The third-order valence-electron chi connectivity index (χ3n) is 5.50. The first-order valence-corrected chi connectivity index (χ1v) is 10.1. The molecule has 0 spiro atoms. The second kappa shape index (κ2) is 8.98. The molecule has 0 fully saturated rings. The summed E-state index contributed by atoms with van der Waals surface area (Å²) in [6.45, 7) is 1.91. The van der Waals surface area contributed by atoms with Gasteiger partial charge in [-0.15, -0.1) is 0 Å². The van der Waals surface area contributed by atoms with Crippen molar-refractivity contribution >= 4 is 0 Å². The Morgan fingerprint density at radius 2 is 1.37 bits per heavy atom. The second-order valence-corrected chi connectivity index (χ2v) is 7.31. The van der Waals surface area contributed by atoms with Crippen LogP contribution in [-0.2, 0) is 6.42 Å². The van der Waals surface area contributed by atoms with Crippen molar-refractivity contribution in [1.82, 2.24) is 10.6 Å². The Hall–Kier alpha value is -2.42. The van der Waals surface area contributed by atoms with Crippen LogP contribution < -0.4 is 10.6 Å². The van der Waals surface area contributed by atoms with Gasteiger partial charge in [-0.1, -0.05) is 84.9 Å². The summed E-state index contributed by atoms with van der Waals surface area (Å²) in [6.07, 6.45) is 3.73. The van der Waals surface area contributed by atoms with Gasteiger partial charge < -0.3 is 10.6 Å². The molecule has 4 rings (SSSR count). The normalized spacial score (nSPS) is 16.3. The number of hydrogen-bond acceptors (Lipinski definition) is 2. The van der Waals surface area contributed by atoms with Crippen LogP contribution in [0.15, 0.2) is 84.9 Å². The molecule has 27 heavy (non-hydrogen) atoms. The lowest BCUT2D eigenvalue weighted by Crippen LogP contribution is -2.34. The lowest BCUT2D eigenvalue weighted by Gasteiger charge is -2.27. The maximum Gasteiger partial charge on any atom is 0.0577 e. The molecular weight excluding hydrogens is 328 g/mol. The molecular formula is C25H28N2. The van der Waals surface area contributed by atoms with E-state index in [1.807, 2.05) is 0 Å². The fourth-order valence-electron chi connectivity index (χ4n) is 4.15. The van der Waals surface area contributed by atoms with Crippen molar-refractivity contribution in [2.75, 3.05) is 13.1 Å². The molecule has 138 valence electrons. The van der Waals surface area contributed by atoms with Gasteiger partial charge in [-0.25, -0.2) is 0 Å². The molecule has 0 saturated carbocycles. The van der Waals surface area contributed by atoms with Gasteiger partial charge >= 0.3 is 0 Å². The van der Waals surface area contributed by atoms with E-state index < -0.39 is 0 Å². The monoisotopic (exact) mass is 356 g/mol. The fourth-order valence-corrected chi connectivity index (χ4v) is 4.15. The van der Waals surface area contributed by atoms with Gasteiger partial charge in [0.05, 0.1) is 6.04 Å². The first kappa shape index (κ1) is 18.0. The Labute approximate surface area is 162 Å². The molecule has 2 heteroatoms. The Kier molecular flexibility index (Phi) is 5.98. The van der Waals surface area contributed by atoms with Crippen LogP contribution in [0, 0.1) is 0 Å². The van der Waals surface area contributed by atoms with Crippen LogP contribution in [0.1, 0.15) is 47.2 Å². The standard InChI is InChI=1S/C25H28N2/c1-3-11-21(12-4-1)25(22-13-5-2-6-14-22)27-19-18-26-24-17-9-15-20-10-7-8-16-23(20)24/h1-8,10-14,16,24-27H,9,15,17-19H2. The third kappa shape index (κ3) is 4.47. The molecule has 0 aromatic heterocycles. The average molecular weight is 357 g/mol. The SMILES string of the molecule is c1ccc(C(NCCNC2CCCc3ccccc32)c2ccccc2)cc1. The third-order valence-corrected chi connectivity index (χ3v) is 5.50. The van der Waals surface area contributed by atoms with Crippen LogP contribution in [0.3, 0.4) is 0 Å². The van der Waals surface area contributed by atoms with E-state index >= 15 is 0 Å². The van der Waals surface area contributed by atoms with Crippen molar-refractivity contribution in [2.24, 2.45) is 0 Å². The van der Waals surface area contributed by atoms with Crippen LogP contribution >= 0.6 is 0 Å². The van der Waals surface area contributed by atoms with Gasteiger partial charge in [0.15, 0.2) is 0 Å². The molecule has 0 bridgehead atoms. The zero-order chi connectivity index (χ0) is 18.3. The fraction of sp³-hybridized carbons (Fsp3) is 0.280. The predicted molar refractivity (Wildman–Crippen MR) is 113 cm³/mol. The highest BCUT2D eigenvalue weighted by Crippen LogP contribution is 2.29. The maximum absolute atomic E-state index is 3.77. The van der Waals surface area contributed by atoms with Crippen molar-refractivity contribution in [3.63, 3.8) is 0 Å². The molecule has 0 heterocycles. The van der Waals surface area contributed by atoms with Gasteiger partial charge in [0.2, 0.25) is 0 Å². The summed E-state index contributed by atoms with van der Waals surface area (Å²) in [5, 5.41) is 7.53. The van der Waals surface area contributed by atoms with Crippen LogP contribution in [0.2, 0.25) is 0 Å². The molecule has 3 aromatic rings. The lowest BCUT2D eigenvalue weighted by molar-refractivity contribution is 0.448. The van der Waals surface area contributed by atoms with E-state index in [9.17, 15) is 0 Å². The van der Waals surface area contributed by atoms with Crippen molar-refractivity contribution < 1.29 is 0 Å².